The van der Waals surface area contributed by atoms with E-state index in [4.69, 9.17) is 14.2 Å². The average Bonchev–Trinajstić information content (AvgIpc) is 3.31. The number of hydrogen-bond acceptors (Lipinski definition) is 6. The maximum Gasteiger partial charge on any atom is 0.337 e. The molecule has 8 heteroatoms. The van der Waals surface area contributed by atoms with Crippen molar-refractivity contribution in [3.8, 4) is 11.5 Å². The van der Waals surface area contributed by atoms with E-state index in [2.05, 4.69) is 17.5 Å². The Balaban J connectivity index is 1.86. The van der Waals surface area contributed by atoms with Crippen molar-refractivity contribution in [3.63, 3.8) is 0 Å². The molecule has 144 valence electrons. The van der Waals surface area contributed by atoms with Gasteiger partial charge in [0.05, 0.1) is 18.6 Å². The van der Waals surface area contributed by atoms with Crippen LogP contribution in [0.5, 0.6) is 11.5 Å². The van der Waals surface area contributed by atoms with E-state index in [9.17, 15) is 9.59 Å². The number of ether oxygens (including phenoxy) is 3. The van der Waals surface area contributed by atoms with Crippen LogP contribution < -0.4 is 14.2 Å². The molecule has 2 heterocycles. The van der Waals surface area contributed by atoms with Gasteiger partial charge in [-0.15, -0.1) is 0 Å². The molecule has 3 aromatic rings. The van der Waals surface area contributed by atoms with Crippen LogP contribution in [-0.4, -0.2) is 30.3 Å². The number of nitrogens with one attached hydrogen (secondary N) is 1. The number of amides is 1. The molecule has 7 nitrogen and oxygen atoms in total. The zero-order chi connectivity index (χ0) is 19.8. The zero-order valence-electron chi connectivity index (χ0n) is 15.3. The van der Waals surface area contributed by atoms with Gasteiger partial charge < -0.3 is 23.5 Å². The number of methoxy groups -OCH3 is 1. The summed E-state index contributed by atoms with van der Waals surface area (Å²) in [6, 6.07) is 10.7. The molecule has 0 bridgehead atoms. The molecular formula is C20H18N2O5S. The smallest absolute Gasteiger partial charge is 0.337 e. The van der Waals surface area contributed by atoms with E-state index in [0.717, 1.165) is 22.0 Å². The highest BCUT2D eigenvalue weighted by Crippen LogP contribution is 2.38. The van der Waals surface area contributed by atoms with Crippen LogP contribution in [-0.2, 0) is 16.6 Å². The maximum absolute atomic E-state index is 12.7. The van der Waals surface area contributed by atoms with Crippen molar-refractivity contribution in [1.82, 2.24) is 9.29 Å². The van der Waals surface area contributed by atoms with Gasteiger partial charge in [-0.2, -0.15) is 0 Å². The van der Waals surface area contributed by atoms with Gasteiger partial charge in [-0.05, 0) is 35.4 Å². The number of aromatic nitrogens is 1. The largest absolute Gasteiger partial charge is 0.465 e. The Morgan fingerprint density at radius 2 is 1.96 bits per heavy atom. The molecule has 28 heavy (non-hydrogen) atoms. The number of aryl methyl sites for hydroxylation is 1. The molecule has 1 atom stereocenters. The van der Waals surface area contributed by atoms with Crippen molar-refractivity contribution in [3.05, 3.63) is 59.3 Å². The number of fused-ring (bicyclic) bond motifs is 2. The molecule has 1 amide bonds. The number of esters is 1. The van der Waals surface area contributed by atoms with Gasteiger partial charge in [0.2, 0.25) is 12.7 Å². The van der Waals surface area contributed by atoms with Gasteiger partial charge in [-0.25, -0.2) is 4.79 Å². The Morgan fingerprint density at radius 3 is 2.71 bits per heavy atom. The summed E-state index contributed by atoms with van der Waals surface area (Å²) in [5.74, 6) is -0.0476. The van der Waals surface area contributed by atoms with Crippen molar-refractivity contribution in [2.45, 2.75) is 5.92 Å². The summed E-state index contributed by atoms with van der Waals surface area (Å²) in [5.41, 5.74) is 2.80. The molecule has 1 aromatic heterocycles. The van der Waals surface area contributed by atoms with Crippen LogP contribution in [0.2, 0.25) is 0 Å². The van der Waals surface area contributed by atoms with Crippen LogP contribution >= 0.6 is 12.8 Å². The van der Waals surface area contributed by atoms with E-state index in [0.29, 0.717) is 17.1 Å². The molecule has 0 radical (unpaired) electrons. The van der Waals surface area contributed by atoms with Crippen LogP contribution in [0.15, 0.2) is 42.6 Å². The average molecular weight is 398 g/mol. The summed E-state index contributed by atoms with van der Waals surface area (Å²) in [7, 11) is 3.21. The lowest BCUT2D eigenvalue weighted by Crippen LogP contribution is -2.23. The summed E-state index contributed by atoms with van der Waals surface area (Å²) >= 11 is 3.97. The van der Waals surface area contributed by atoms with Crippen molar-refractivity contribution >= 4 is 35.6 Å². The first-order valence-electron chi connectivity index (χ1n) is 8.54. The van der Waals surface area contributed by atoms with Crippen molar-refractivity contribution < 1.29 is 23.8 Å². The SMILES string of the molecule is COC(=O)c1ccc2c(C(C(=O)NS)c3ccc4c(c3)OCO4)cn(C)c2c1. The Hall–Kier alpha value is -3.13. The fraction of sp³-hybridized carbons (Fsp3) is 0.200. The van der Waals surface area contributed by atoms with E-state index in [1.165, 1.54) is 7.11 Å². The molecule has 0 saturated heterocycles. The van der Waals surface area contributed by atoms with Crippen molar-refractivity contribution in [2.75, 3.05) is 13.9 Å². The Morgan fingerprint density at radius 1 is 1.18 bits per heavy atom. The van der Waals surface area contributed by atoms with Crippen molar-refractivity contribution in [1.29, 1.82) is 0 Å². The minimum absolute atomic E-state index is 0.160. The lowest BCUT2D eigenvalue weighted by atomic mass is 9.90. The molecule has 0 aliphatic carbocycles. The van der Waals surface area contributed by atoms with Gasteiger partial charge in [-0.1, -0.05) is 24.9 Å². The van der Waals surface area contributed by atoms with Gasteiger partial charge in [0.15, 0.2) is 11.5 Å². The first-order chi connectivity index (χ1) is 13.5. The maximum atomic E-state index is 12.7. The Bertz CT molecular complexity index is 1090. The standard InChI is InChI=1S/C20H18N2O5S/c1-22-9-14(13-5-3-12(7-15(13)22)20(24)25-2)18(19(23)21-28)11-4-6-16-17(8-11)27-10-26-16/h3-9,18,28H,10H2,1-2H3,(H,21,23). The van der Waals surface area contributed by atoms with Crippen LogP contribution in [0.3, 0.4) is 0 Å². The minimum atomic E-state index is -0.611. The number of carbonyl (C=O) groups is 2. The number of thiol groups is 1. The van der Waals surface area contributed by atoms with Gasteiger partial charge in [0, 0.05) is 24.1 Å². The fourth-order valence-electron chi connectivity index (χ4n) is 3.52. The monoisotopic (exact) mass is 398 g/mol. The minimum Gasteiger partial charge on any atom is -0.465 e. The van der Waals surface area contributed by atoms with E-state index in [1.54, 1.807) is 24.3 Å². The molecule has 1 unspecified atom stereocenters. The summed E-state index contributed by atoms with van der Waals surface area (Å²) in [5, 5.41) is 0.856. The first-order valence-corrected chi connectivity index (χ1v) is 8.99. The molecule has 2 aromatic carbocycles. The molecule has 4 rings (SSSR count). The fourth-order valence-corrected chi connectivity index (χ4v) is 3.65. The molecular weight excluding hydrogens is 380 g/mol. The van der Waals surface area contributed by atoms with E-state index < -0.39 is 11.9 Å². The quantitative estimate of drug-likeness (QED) is 0.522. The van der Waals surface area contributed by atoms with Crippen LogP contribution in [0.25, 0.3) is 10.9 Å². The summed E-state index contributed by atoms with van der Waals surface area (Å²) in [6.45, 7) is 0.160. The van der Waals surface area contributed by atoms with Crippen LogP contribution in [0.1, 0.15) is 27.4 Å². The second-order valence-corrected chi connectivity index (χ2v) is 6.66. The van der Waals surface area contributed by atoms with Crippen LogP contribution in [0, 0.1) is 0 Å². The summed E-state index contributed by atoms with van der Waals surface area (Å²) in [4.78, 5) is 24.6. The van der Waals surface area contributed by atoms with Gasteiger partial charge in [0.1, 0.15) is 0 Å². The third kappa shape index (κ3) is 2.95. The highest BCUT2D eigenvalue weighted by Gasteiger charge is 2.28. The summed E-state index contributed by atoms with van der Waals surface area (Å²) < 4.78 is 19.9. The predicted octanol–water partition coefficient (Wildman–Crippen LogP) is 2.79. The van der Waals surface area contributed by atoms with Gasteiger partial charge >= 0.3 is 5.97 Å². The number of carbonyl (C=O) groups excluding carboxylic acids is 2. The first kappa shape index (κ1) is 18.2. The molecule has 1 aliphatic rings. The third-order valence-corrected chi connectivity index (χ3v) is 5.08. The van der Waals surface area contributed by atoms with Gasteiger partial charge in [0.25, 0.3) is 0 Å². The molecule has 0 saturated carbocycles. The van der Waals surface area contributed by atoms with Gasteiger partial charge in [-0.3, -0.25) is 4.79 Å². The van der Waals surface area contributed by atoms with E-state index >= 15 is 0 Å². The normalized spacial score (nSPS) is 13.4. The lowest BCUT2D eigenvalue weighted by Gasteiger charge is -2.16. The number of nitrogens with zero attached hydrogens (tertiary/aromatic N) is 1. The highest BCUT2D eigenvalue weighted by atomic mass is 32.1. The van der Waals surface area contributed by atoms with Crippen molar-refractivity contribution in [2.24, 2.45) is 7.05 Å². The highest BCUT2D eigenvalue weighted by molar-refractivity contribution is 7.78. The third-order valence-electron chi connectivity index (χ3n) is 4.86. The number of benzene rings is 2. The topological polar surface area (TPSA) is 78.8 Å². The molecule has 1 aliphatic heterocycles. The summed E-state index contributed by atoms with van der Waals surface area (Å²) in [6.07, 6.45) is 1.88. The predicted molar refractivity (Wildman–Crippen MR) is 106 cm³/mol. The van der Waals surface area contributed by atoms with Crippen LogP contribution in [0.4, 0.5) is 0 Å². The van der Waals surface area contributed by atoms with E-state index in [-0.39, 0.29) is 12.7 Å². The number of rotatable bonds is 4. The lowest BCUT2D eigenvalue weighted by molar-refractivity contribution is -0.119. The Labute approximate surface area is 166 Å². The Kier molecular flexibility index (Phi) is 4.64. The second-order valence-electron chi connectivity index (χ2n) is 6.44. The zero-order valence-corrected chi connectivity index (χ0v) is 16.2. The molecule has 0 spiro atoms. The molecule has 0 fully saturated rings. The number of hydrogen-bond donors (Lipinski definition) is 2. The molecule has 1 N–H and O–H groups in total. The van der Waals surface area contributed by atoms with E-state index in [1.807, 2.05) is 29.9 Å². The second kappa shape index (κ2) is 7.12.